The summed E-state index contributed by atoms with van der Waals surface area (Å²) in [5.74, 6) is -0.665. The summed E-state index contributed by atoms with van der Waals surface area (Å²) in [6, 6.07) is 8.88. The van der Waals surface area contributed by atoms with Gasteiger partial charge in [-0.25, -0.2) is 4.79 Å². The molecular formula is C20H29N3O3. The third kappa shape index (κ3) is 4.84. The first-order valence-electron chi connectivity index (χ1n) is 9.36. The van der Waals surface area contributed by atoms with E-state index in [1.165, 1.54) is 0 Å². The number of carbonyl (C=O) groups is 3. The van der Waals surface area contributed by atoms with Gasteiger partial charge in [0.2, 0.25) is 5.91 Å². The van der Waals surface area contributed by atoms with Gasteiger partial charge < -0.3 is 10.6 Å². The normalized spacial score (nSPS) is 20.8. The molecule has 2 rings (SSSR count). The zero-order valence-electron chi connectivity index (χ0n) is 15.9. The number of hydrogen-bond donors (Lipinski definition) is 2. The first kappa shape index (κ1) is 19.9. The number of hydrogen-bond acceptors (Lipinski definition) is 3. The highest BCUT2D eigenvalue weighted by Crippen LogP contribution is 2.24. The number of urea groups is 1. The van der Waals surface area contributed by atoms with Crippen molar-refractivity contribution in [2.24, 2.45) is 0 Å². The smallest absolute Gasteiger partial charge is 0.325 e. The number of benzene rings is 1. The van der Waals surface area contributed by atoms with Crippen LogP contribution in [0.3, 0.4) is 0 Å². The molecule has 1 fully saturated rings. The lowest BCUT2D eigenvalue weighted by Crippen LogP contribution is -2.45. The third-order valence-electron chi connectivity index (χ3n) is 4.85. The standard InChI is InChI=1S/C20H29N3O3/c1-4-5-6-10-13-20(3)18(25)23(19(26)22-20)14-17(24)21-15(2)16-11-8-7-9-12-16/h7-9,11-12,15H,4-6,10,13-14H2,1-3H3,(H,21,24)(H,22,26). The van der Waals surface area contributed by atoms with Gasteiger partial charge in [0.25, 0.3) is 5.91 Å². The van der Waals surface area contributed by atoms with E-state index in [1.807, 2.05) is 37.3 Å². The third-order valence-corrected chi connectivity index (χ3v) is 4.85. The Labute approximate surface area is 155 Å². The average Bonchev–Trinajstić information content (AvgIpc) is 2.83. The van der Waals surface area contributed by atoms with Crippen LogP contribution in [0.25, 0.3) is 0 Å². The number of imide groups is 1. The van der Waals surface area contributed by atoms with Crippen molar-refractivity contribution in [3.05, 3.63) is 35.9 Å². The quantitative estimate of drug-likeness (QED) is 0.525. The molecule has 1 aliphatic heterocycles. The lowest BCUT2D eigenvalue weighted by molar-refractivity contribution is -0.135. The maximum Gasteiger partial charge on any atom is 0.325 e. The second-order valence-electron chi connectivity index (χ2n) is 7.16. The summed E-state index contributed by atoms with van der Waals surface area (Å²) >= 11 is 0. The van der Waals surface area contributed by atoms with Crippen LogP contribution >= 0.6 is 0 Å². The maximum atomic E-state index is 12.7. The van der Waals surface area contributed by atoms with E-state index in [1.54, 1.807) is 6.92 Å². The van der Waals surface area contributed by atoms with E-state index in [0.29, 0.717) is 6.42 Å². The van der Waals surface area contributed by atoms with Gasteiger partial charge in [0.15, 0.2) is 0 Å². The van der Waals surface area contributed by atoms with Gasteiger partial charge in [-0.1, -0.05) is 62.9 Å². The van der Waals surface area contributed by atoms with Gasteiger partial charge in [-0.2, -0.15) is 0 Å². The molecule has 26 heavy (non-hydrogen) atoms. The van der Waals surface area contributed by atoms with Crippen LogP contribution < -0.4 is 10.6 Å². The molecule has 0 spiro atoms. The van der Waals surface area contributed by atoms with Crippen molar-refractivity contribution in [2.75, 3.05) is 6.54 Å². The molecule has 2 atom stereocenters. The molecule has 0 saturated carbocycles. The van der Waals surface area contributed by atoms with E-state index < -0.39 is 11.6 Å². The molecule has 1 heterocycles. The fraction of sp³-hybridized carbons (Fsp3) is 0.550. The van der Waals surface area contributed by atoms with Crippen molar-refractivity contribution < 1.29 is 14.4 Å². The molecule has 2 N–H and O–H groups in total. The van der Waals surface area contributed by atoms with Crippen LogP contribution in [-0.2, 0) is 9.59 Å². The molecule has 1 aromatic rings. The molecule has 6 nitrogen and oxygen atoms in total. The van der Waals surface area contributed by atoms with Crippen molar-refractivity contribution in [2.45, 2.75) is 64.5 Å². The number of carbonyl (C=O) groups excluding carboxylic acids is 3. The molecule has 6 heteroatoms. The van der Waals surface area contributed by atoms with Crippen LogP contribution in [0.1, 0.15) is 64.5 Å². The molecule has 0 aromatic heterocycles. The van der Waals surface area contributed by atoms with Crippen molar-refractivity contribution in [1.29, 1.82) is 0 Å². The SMILES string of the molecule is CCCCCCC1(C)NC(=O)N(CC(=O)NC(C)c2ccccc2)C1=O. The fourth-order valence-corrected chi connectivity index (χ4v) is 3.22. The zero-order valence-corrected chi connectivity index (χ0v) is 15.9. The molecule has 1 aliphatic rings. The Hall–Kier alpha value is -2.37. The highest BCUT2D eigenvalue weighted by molar-refractivity contribution is 6.08. The van der Waals surface area contributed by atoms with E-state index in [2.05, 4.69) is 17.6 Å². The van der Waals surface area contributed by atoms with Crippen molar-refractivity contribution >= 4 is 17.8 Å². The lowest BCUT2D eigenvalue weighted by atomic mass is 9.94. The van der Waals surface area contributed by atoms with Crippen LogP contribution in [-0.4, -0.2) is 34.8 Å². The minimum atomic E-state index is -0.907. The van der Waals surface area contributed by atoms with Gasteiger partial charge in [0.05, 0.1) is 6.04 Å². The molecule has 0 bridgehead atoms. The second kappa shape index (κ2) is 8.83. The van der Waals surface area contributed by atoms with Crippen LogP contribution in [0.15, 0.2) is 30.3 Å². The second-order valence-corrected chi connectivity index (χ2v) is 7.16. The van der Waals surface area contributed by atoms with Crippen molar-refractivity contribution in [1.82, 2.24) is 15.5 Å². The largest absolute Gasteiger partial charge is 0.348 e. The van der Waals surface area contributed by atoms with E-state index in [0.717, 1.165) is 36.1 Å². The molecule has 1 aromatic carbocycles. The maximum absolute atomic E-state index is 12.7. The van der Waals surface area contributed by atoms with E-state index >= 15 is 0 Å². The van der Waals surface area contributed by atoms with Crippen molar-refractivity contribution in [3.63, 3.8) is 0 Å². The Bertz CT molecular complexity index is 647. The summed E-state index contributed by atoms with van der Waals surface area (Å²) in [6.07, 6.45) is 4.73. The molecule has 0 radical (unpaired) electrons. The summed E-state index contributed by atoms with van der Waals surface area (Å²) in [5, 5.41) is 5.59. The van der Waals surface area contributed by atoms with Crippen LogP contribution in [0.2, 0.25) is 0 Å². The molecule has 0 aliphatic carbocycles. The number of amides is 4. The zero-order chi connectivity index (χ0) is 19.2. The molecule has 4 amide bonds. The fourth-order valence-electron chi connectivity index (χ4n) is 3.22. The van der Waals surface area contributed by atoms with E-state index in [-0.39, 0.29) is 24.4 Å². The molecular weight excluding hydrogens is 330 g/mol. The molecule has 142 valence electrons. The monoisotopic (exact) mass is 359 g/mol. The highest BCUT2D eigenvalue weighted by atomic mass is 16.2. The van der Waals surface area contributed by atoms with Gasteiger partial charge in [0, 0.05) is 0 Å². The summed E-state index contributed by atoms with van der Waals surface area (Å²) in [5.41, 5.74) is 0.0645. The highest BCUT2D eigenvalue weighted by Gasteiger charge is 2.47. The number of nitrogens with zero attached hydrogens (tertiary/aromatic N) is 1. The number of nitrogens with one attached hydrogen (secondary N) is 2. The first-order chi connectivity index (χ1) is 12.4. The molecule has 2 unspecified atom stereocenters. The van der Waals surface area contributed by atoms with Crippen LogP contribution in [0.4, 0.5) is 4.79 Å². The van der Waals surface area contributed by atoms with Crippen molar-refractivity contribution in [3.8, 4) is 0 Å². The lowest BCUT2D eigenvalue weighted by Gasteiger charge is -2.22. The topological polar surface area (TPSA) is 78.5 Å². The number of unbranched alkanes of at least 4 members (excludes halogenated alkanes) is 3. The van der Waals surface area contributed by atoms with E-state index in [4.69, 9.17) is 0 Å². The minimum Gasteiger partial charge on any atom is -0.348 e. The Balaban J connectivity index is 1.91. The van der Waals surface area contributed by atoms with Crippen LogP contribution in [0.5, 0.6) is 0 Å². The molecule has 1 saturated heterocycles. The summed E-state index contributed by atoms with van der Waals surface area (Å²) in [6.45, 7) is 5.48. The Morgan fingerprint density at radius 1 is 1.19 bits per heavy atom. The van der Waals surface area contributed by atoms with E-state index in [9.17, 15) is 14.4 Å². The van der Waals surface area contributed by atoms with Gasteiger partial charge in [0.1, 0.15) is 12.1 Å². The van der Waals surface area contributed by atoms with Gasteiger partial charge >= 0.3 is 6.03 Å². The Kier molecular flexibility index (Phi) is 6.77. The average molecular weight is 359 g/mol. The predicted octanol–water partition coefficient (Wildman–Crippen LogP) is 3.14. The Morgan fingerprint density at radius 2 is 1.88 bits per heavy atom. The summed E-state index contributed by atoms with van der Waals surface area (Å²) < 4.78 is 0. The van der Waals surface area contributed by atoms with Crippen LogP contribution in [0, 0.1) is 0 Å². The summed E-state index contributed by atoms with van der Waals surface area (Å²) in [7, 11) is 0. The first-order valence-corrected chi connectivity index (χ1v) is 9.36. The number of rotatable bonds is 9. The Morgan fingerprint density at radius 3 is 2.54 bits per heavy atom. The minimum absolute atomic E-state index is 0.190. The van der Waals surface area contributed by atoms with Gasteiger partial charge in [-0.3, -0.25) is 14.5 Å². The van der Waals surface area contributed by atoms with Gasteiger partial charge in [-0.15, -0.1) is 0 Å². The predicted molar refractivity (Wildman–Crippen MR) is 100 cm³/mol. The summed E-state index contributed by atoms with van der Waals surface area (Å²) in [4.78, 5) is 38.2. The van der Waals surface area contributed by atoms with Gasteiger partial charge in [-0.05, 0) is 25.8 Å².